The number of esters is 1. The summed E-state index contributed by atoms with van der Waals surface area (Å²) in [4.78, 5) is 29.3. The zero-order chi connectivity index (χ0) is 17.8. The van der Waals surface area contributed by atoms with Crippen LogP contribution in [0.3, 0.4) is 0 Å². The molecule has 0 aliphatic heterocycles. The van der Waals surface area contributed by atoms with E-state index in [1.54, 1.807) is 0 Å². The van der Waals surface area contributed by atoms with Gasteiger partial charge < -0.3 is 9.84 Å². The molecule has 0 bridgehead atoms. The smallest absolute Gasteiger partial charge is 0.316 e. The van der Waals surface area contributed by atoms with Crippen LogP contribution in [-0.2, 0) is 14.3 Å². The lowest BCUT2D eigenvalue weighted by molar-refractivity contribution is -0.149. The van der Waals surface area contributed by atoms with Crippen molar-refractivity contribution in [3.8, 4) is 0 Å². The Labute approximate surface area is 138 Å². The molecule has 1 rings (SSSR count). The first kappa shape index (κ1) is 19.4. The highest BCUT2D eigenvalue weighted by molar-refractivity contribution is 6.24. The highest BCUT2D eigenvalue weighted by atomic mass is 16.5. The maximum Gasteiger partial charge on any atom is 0.316 e. The number of hydrogen-bond donors (Lipinski definition) is 1. The topological polar surface area (TPSA) is 76.0 Å². The minimum Gasteiger partial charge on any atom is -0.511 e. The molecular formula is C18H29NO4. The van der Waals surface area contributed by atoms with Gasteiger partial charge in [-0.05, 0) is 31.6 Å². The molecule has 0 spiro atoms. The van der Waals surface area contributed by atoms with E-state index in [0.29, 0.717) is 25.0 Å². The second-order valence-electron chi connectivity index (χ2n) is 6.89. The number of methoxy groups -OCH3 is 1. The number of aliphatic hydroxyl groups excluding tert-OH is 1. The lowest BCUT2D eigenvalue weighted by Crippen LogP contribution is -2.42. The largest absolute Gasteiger partial charge is 0.511 e. The summed E-state index contributed by atoms with van der Waals surface area (Å²) in [5, 5.41) is 10.7. The number of nitrogens with zero attached hydrogens (tertiary/aromatic N) is 1. The molecule has 0 saturated carbocycles. The number of allylic oxidation sites excluding steroid dienone is 1. The van der Waals surface area contributed by atoms with E-state index in [4.69, 9.17) is 4.74 Å². The number of ketones is 1. The SMILES string of the molecule is CCCC(=O)C1=C(O)C(C(=O)OC)C(C)(C)CC1=NC(C)CC. The average molecular weight is 323 g/mol. The number of aliphatic hydroxyl groups is 1. The van der Waals surface area contributed by atoms with E-state index in [9.17, 15) is 14.7 Å². The summed E-state index contributed by atoms with van der Waals surface area (Å²) in [7, 11) is 1.29. The standard InChI is InChI=1S/C18H29NO4/c1-7-9-13(20)14-12(19-11(3)8-2)10-18(4,5)15(16(14)21)17(22)23-6/h11,15,21H,7-10H2,1-6H3. The van der Waals surface area contributed by atoms with Crippen LogP contribution in [0.5, 0.6) is 0 Å². The summed E-state index contributed by atoms with van der Waals surface area (Å²) in [6.45, 7) is 9.68. The predicted molar refractivity (Wildman–Crippen MR) is 90.7 cm³/mol. The van der Waals surface area contributed by atoms with Crippen molar-refractivity contribution in [1.29, 1.82) is 0 Å². The van der Waals surface area contributed by atoms with Gasteiger partial charge in [-0.2, -0.15) is 0 Å². The monoisotopic (exact) mass is 323 g/mol. The van der Waals surface area contributed by atoms with Crippen molar-refractivity contribution in [3.63, 3.8) is 0 Å². The van der Waals surface area contributed by atoms with E-state index >= 15 is 0 Å². The van der Waals surface area contributed by atoms with Gasteiger partial charge in [0, 0.05) is 18.2 Å². The number of carbonyl (C=O) groups is 2. The zero-order valence-corrected chi connectivity index (χ0v) is 15.1. The molecule has 0 aromatic carbocycles. The van der Waals surface area contributed by atoms with Crippen LogP contribution in [-0.4, -0.2) is 35.7 Å². The van der Waals surface area contributed by atoms with Crippen LogP contribution in [0.25, 0.3) is 0 Å². The van der Waals surface area contributed by atoms with Crippen molar-refractivity contribution in [2.45, 2.75) is 66.3 Å². The van der Waals surface area contributed by atoms with Crippen molar-refractivity contribution < 1.29 is 19.4 Å². The van der Waals surface area contributed by atoms with Crippen LogP contribution in [0.4, 0.5) is 0 Å². The van der Waals surface area contributed by atoms with E-state index in [1.807, 2.05) is 34.6 Å². The van der Waals surface area contributed by atoms with Gasteiger partial charge in [0.2, 0.25) is 0 Å². The summed E-state index contributed by atoms with van der Waals surface area (Å²) < 4.78 is 4.84. The fourth-order valence-corrected chi connectivity index (χ4v) is 2.96. The Morgan fingerprint density at radius 2 is 2.00 bits per heavy atom. The van der Waals surface area contributed by atoms with Crippen LogP contribution >= 0.6 is 0 Å². The molecule has 0 aromatic rings. The van der Waals surface area contributed by atoms with Gasteiger partial charge in [0.05, 0.1) is 12.7 Å². The van der Waals surface area contributed by atoms with Gasteiger partial charge in [0.25, 0.3) is 0 Å². The molecule has 1 N–H and O–H groups in total. The molecule has 130 valence electrons. The minimum absolute atomic E-state index is 0.0627. The Morgan fingerprint density at radius 1 is 1.39 bits per heavy atom. The van der Waals surface area contributed by atoms with Crippen LogP contribution in [0, 0.1) is 11.3 Å². The Kier molecular flexibility index (Phi) is 6.54. The van der Waals surface area contributed by atoms with Gasteiger partial charge in [-0.1, -0.05) is 27.7 Å². The number of aliphatic imine (C=N–C) groups is 1. The maximum absolute atomic E-state index is 12.5. The van der Waals surface area contributed by atoms with E-state index in [-0.39, 0.29) is 23.2 Å². The van der Waals surface area contributed by atoms with Crippen LogP contribution in [0.1, 0.15) is 60.3 Å². The Balaban J connectivity index is 3.50. The molecule has 0 heterocycles. The molecule has 2 atom stereocenters. The molecule has 2 unspecified atom stereocenters. The summed E-state index contributed by atoms with van der Waals surface area (Å²) in [6, 6.07) is 0.0627. The summed E-state index contributed by atoms with van der Waals surface area (Å²) >= 11 is 0. The lowest BCUT2D eigenvalue weighted by Gasteiger charge is -2.37. The van der Waals surface area contributed by atoms with E-state index in [2.05, 4.69) is 4.99 Å². The third kappa shape index (κ3) is 4.21. The van der Waals surface area contributed by atoms with Crippen molar-refractivity contribution in [2.24, 2.45) is 16.3 Å². The van der Waals surface area contributed by atoms with Gasteiger partial charge in [-0.3, -0.25) is 14.6 Å². The van der Waals surface area contributed by atoms with Crippen LogP contribution in [0.2, 0.25) is 0 Å². The van der Waals surface area contributed by atoms with Gasteiger partial charge >= 0.3 is 5.97 Å². The summed E-state index contributed by atoms with van der Waals surface area (Å²) in [6.07, 6.45) is 2.32. The Bertz CT molecular complexity index is 531. The zero-order valence-electron chi connectivity index (χ0n) is 15.1. The van der Waals surface area contributed by atoms with Crippen LogP contribution in [0.15, 0.2) is 16.3 Å². The van der Waals surface area contributed by atoms with Crippen molar-refractivity contribution >= 4 is 17.5 Å². The number of rotatable bonds is 6. The third-order valence-electron chi connectivity index (χ3n) is 4.38. The fourth-order valence-electron chi connectivity index (χ4n) is 2.96. The first-order chi connectivity index (χ1) is 10.7. The maximum atomic E-state index is 12.5. The molecule has 0 saturated heterocycles. The van der Waals surface area contributed by atoms with E-state index < -0.39 is 17.3 Å². The Hall–Kier alpha value is -1.65. The number of Topliss-reactive ketones (excluding diaryl/α,β-unsaturated/α-hetero) is 1. The Morgan fingerprint density at radius 3 is 2.48 bits per heavy atom. The molecule has 5 heteroatoms. The first-order valence-electron chi connectivity index (χ1n) is 8.30. The van der Waals surface area contributed by atoms with E-state index in [0.717, 1.165) is 6.42 Å². The molecule has 0 fully saturated rings. The second-order valence-corrected chi connectivity index (χ2v) is 6.89. The average Bonchev–Trinajstić information content (AvgIpc) is 2.45. The van der Waals surface area contributed by atoms with Crippen molar-refractivity contribution in [1.82, 2.24) is 0 Å². The highest BCUT2D eigenvalue weighted by Crippen LogP contribution is 2.43. The number of ether oxygens (including phenoxy) is 1. The van der Waals surface area contributed by atoms with Crippen molar-refractivity contribution in [3.05, 3.63) is 11.3 Å². The predicted octanol–water partition coefficient (Wildman–Crippen LogP) is 3.63. The van der Waals surface area contributed by atoms with Crippen molar-refractivity contribution in [2.75, 3.05) is 7.11 Å². The van der Waals surface area contributed by atoms with Crippen LogP contribution < -0.4 is 0 Å². The van der Waals surface area contributed by atoms with Gasteiger partial charge in [0.1, 0.15) is 11.7 Å². The quantitative estimate of drug-likeness (QED) is 0.757. The van der Waals surface area contributed by atoms with Gasteiger partial charge in [-0.15, -0.1) is 0 Å². The molecule has 0 aromatic heterocycles. The highest BCUT2D eigenvalue weighted by Gasteiger charge is 2.47. The third-order valence-corrected chi connectivity index (χ3v) is 4.38. The molecule has 5 nitrogen and oxygen atoms in total. The van der Waals surface area contributed by atoms with Gasteiger partial charge in [0.15, 0.2) is 5.78 Å². The second kappa shape index (κ2) is 7.75. The summed E-state index contributed by atoms with van der Waals surface area (Å²) in [5.41, 5.74) is 0.279. The molecule has 23 heavy (non-hydrogen) atoms. The van der Waals surface area contributed by atoms with Gasteiger partial charge in [-0.25, -0.2) is 0 Å². The molecule has 1 aliphatic carbocycles. The number of carbonyl (C=O) groups excluding carboxylic acids is 2. The molecule has 1 aliphatic rings. The normalized spacial score (nSPS) is 23.7. The lowest BCUT2D eigenvalue weighted by atomic mass is 9.67. The number of hydrogen-bond acceptors (Lipinski definition) is 5. The molecule has 0 radical (unpaired) electrons. The minimum atomic E-state index is -0.834. The van der Waals surface area contributed by atoms with E-state index in [1.165, 1.54) is 7.11 Å². The molecular weight excluding hydrogens is 294 g/mol. The summed E-state index contributed by atoms with van der Waals surface area (Å²) in [5.74, 6) is -1.69. The first-order valence-corrected chi connectivity index (χ1v) is 8.30. The fraction of sp³-hybridized carbons (Fsp3) is 0.722. The molecule has 0 amide bonds.